The topological polar surface area (TPSA) is 26.7 Å². The van der Waals surface area contributed by atoms with Gasteiger partial charge in [0, 0.05) is 30.3 Å². The first-order valence-electron chi connectivity index (χ1n) is 7.37. The number of hydrogen-bond donors (Lipinski definition) is 1. The second-order valence-corrected chi connectivity index (χ2v) is 5.79. The standard InChI is InChI=1S/C17H23FN2O/c1-19(2)13-16-6-3-9-20(16)12-15-8-7-14(5-4-10-21)11-17(15)18/h7-8,11,16,21H,3,6,9-10,12-13H2,1-2H3. The molecule has 0 amide bonds. The van der Waals surface area contributed by atoms with E-state index in [-0.39, 0.29) is 12.4 Å². The Balaban J connectivity index is 2.05. The van der Waals surface area contributed by atoms with Crippen LogP contribution in [0, 0.1) is 17.7 Å². The SMILES string of the molecule is CN(C)CC1CCCN1Cc1ccc(C#CCO)cc1F. The van der Waals surface area contributed by atoms with Crippen molar-refractivity contribution in [3.8, 4) is 11.8 Å². The third-order valence-corrected chi connectivity index (χ3v) is 3.81. The first kappa shape index (κ1) is 16.0. The van der Waals surface area contributed by atoms with Gasteiger partial charge in [0.15, 0.2) is 0 Å². The van der Waals surface area contributed by atoms with Gasteiger partial charge < -0.3 is 10.0 Å². The van der Waals surface area contributed by atoms with Crippen molar-refractivity contribution < 1.29 is 9.50 Å². The zero-order valence-corrected chi connectivity index (χ0v) is 12.8. The van der Waals surface area contributed by atoms with Crippen LogP contribution in [0.15, 0.2) is 18.2 Å². The summed E-state index contributed by atoms with van der Waals surface area (Å²) in [6, 6.07) is 5.59. The Hall–Kier alpha value is -1.41. The molecule has 2 rings (SSSR count). The number of rotatable bonds is 4. The minimum atomic E-state index is -0.213. The van der Waals surface area contributed by atoms with Crippen molar-refractivity contribution in [1.29, 1.82) is 0 Å². The van der Waals surface area contributed by atoms with Gasteiger partial charge in [-0.25, -0.2) is 4.39 Å². The maximum Gasteiger partial charge on any atom is 0.128 e. The van der Waals surface area contributed by atoms with Gasteiger partial charge in [0.1, 0.15) is 12.4 Å². The third kappa shape index (κ3) is 4.53. The molecule has 1 heterocycles. The lowest BCUT2D eigenvalue weighted by molar-refractivity contribution is 0.199. The van der Waals surface area contributed by atoms with Crippen LogP contribution in [0.5, 0.6) is 0 Å². The highest BCUT2D eigenvalue weighted by Gasteiger charge is 2.25. The Morgan fingerprint density at radius 2 is 2.24 bits per heavy atom. The lowest BCUT2D eigenvalue weighted by atomic mass is 10.1. The Bertz CT molecular complexity index is 533. The van der Waals surface area contributed by atoms with E-state index in [4.69, 9.17) is 5.11 Å². The van der Waals surface area contributed by atoms with E-state index < -0.39 is 0 Å². The molecular weight excluding hydrogens is 267 g/mol. The molecule has 1 aromatic carbocycles. The average Bonchev–Trinajstić information content (AvgIpc) is 2.85. The zero-order chi connectivity index (χ0) is 15.2. The molecule has 1 aromatic rings. The van der Waals surface area contributed by atoms with Crippen LogP contribution in [0.25, 0.3) is 0 Å². The molecule has 0 bridgehead atoms. The molecule has 0 aromatic heterocycles. The lowest BCUT2D eigenvalue weighted by Gasteiger charge is -2.27. The lowest BCUT2D eigenvalue weighted by Crippen LogP contribution is -2.37. The van der Waals surface area contributed by atoms with Gasteiger partial charge in [-0.3, -0.25) is 4.90 Å². The highest BCUT2D eigenvalue weighted by Crippen LogP contribution is 2.22. The van der Waals surface area contributed by atoms with E-state index in [2.05, 4.69) is 35.7 Å². The van der Waals surface area contributed by atoms with Crippen LogP contribution in [0.3, 0.4) is 0 Å². The molecule has 114 valence electrons. The number of aliphatic hydroxyl groups is 1. The van der Waals surface area contributed by atoms with E-state index in [1.165, 1.54) is 18.9 Å². The largest absolute Gasteiger partial charge is 0.384 e. The first-order valence-corrected chi connectivity index (χ1v) is 7.37. The Morgan fingerprint density at radius 1 is 1.43 bits per heavy atom. The minimum Gasteiger partial charge on any atom is -0.384 e. The van der Waals surface area contributed by atoms with Gasteiger partial charge in [0.05, 0.1) is 0 Å². The quantitative estimate of drug-likeness (QED) is 0.855. The molecule has 1 saturated heterocycles. The molecule has 1 unspecified atom stereocenters. The van der Waals surface area contributed by atoms with Crippen LogP contribution < -0.4 is 0 Å². The van der Waals surface area contributed by atoms with Crippen molar-refractivity contribution in [2.24, 2.45) is 0 Å². The van der Waals surface area contributed by atoms with Crippen molar-refractivity contribution >= 4 is 0 Å². The summed E-state index contributed by atoms with van der Waals surface area (Å²) in [5.41, 5.74) is 1.33. The van der Waals surface area contributed by atoms with Crippen LogP contribution in [0.2, 0.25) is 0 Å². The van der Waals surface area contributed by atoms with Crippen molar-refractivity contribution in [1.82, 2.24) is 9.80 Å². The monoisotopic (exact) mass is 290 g/mol. The maximum atomic E-state index is 14.2. The maximum absolute atomic E-state index is 14.2. The van der Waals surface area contributed by atoms with Crippen molar-refractivity contribution in [3.63, 3.8) is 0 Å². The van der Waals surface area contributed by atoms with Gasteiger partial charge in [0.2, 0.25) is 0 Å². The summed E-state index contributed by atoms with van der Waals surface area (Å²) in [6.45, 7) is 2.49. The number of benzene rings is 1. The molecule has 21 heavy (non-hydrogen) atoms. The van der Waals surface area contributed by atoms with E-state index in [9.17, 15) is 4.39 Å². The molecule has 1 aliphatic heterocycles. The summed E-state index contributed by atoms with van der Waals surface area (Å²) in [4.78, 5) is 4.55. The zero-order valence-electron chi connectivity index (χ0n) is 12.8. The van der Waals surface area contributed by atoms with Gasteiger partial charge in [-0.1, -0.05) is 17.9 Å². The van der Waals surface area contributed by atoms with Crippen LogP contribution in [0.4, 0.5) is 4.39 Å². The molecule has 4 heteroatoms. The fourth-order valence-electron chi connectivity index (χ4n) is 2.85. The summed E-state index contributed by atoms with van der Waals surface area (Å²) >= 11 is 0. The summed E-state index contributed by atoms with van der Waals surface area (Å²) in [5.74, 6) is 5.05. The van der Waals surface area contributed by atoms with Gasteiger partial charge in [-0.2, -0.15) is 0 Å². The normalized spacial score (nSPS) is 18.8. The van der Waals surface area contributed by atoms with E-state index in [1.807, 2.05) is 12.1 Å². The first-order chi connectivity index (χ1) is 10.1. The van der Waals surface area contributed by atoms with Gasteiger partial charge in [0.25, 0.3) is 0 Å². The molecule has 0 radical (unpaired) electrons. The molecule has 0 saturated carbocycles. The second kappa shape index (κ2) is 7.56. The highest BCUT2D eigenvalue weighted by molar-refractivity contribution is 5.37. The summed E-state index contributed by atoms with van der Waals surface area (Å²) in [6.07, 6.45) is 2.36. The molecular formula is C17H23FN2O. The van der Waals surface area contributed by atoms with Crippen molar-refractivity contribution in [3.05, 3.63) is 35.1 Å². The van der Waals surface area contributed by atoms with Crippen molar-refractivity contribution in [2.45, 2.75) is 25.4 Å². The summed E-state index contributed by atoms with van der Waals surface area (Å²) in [5, 5.41) is 8.66. The summed E-state index contributed by atoms with van der Waals surface area (Å²) < 4.78 is 14.2. The fraction of sp³-hybridized carbons (Fsp3) is 0.529. The highest BCUT2D eigenvalue weighted by atomic mass is 19.1. The van der Waals surface area contributed by atoms with E-state index >= 15 is 0 Å². The predicted octanol–water partition coefficient (Wildman–Crippen LogP) is 1.70. The van der Waals surface area contributed by atoms with Gasteiger partial charge in [-0.05, 0) is 45.6 Å². The van der Waals surface area contributed by atoms with Crippen LogP contribution in [0.1, 0.15) is 24.0 Å². The molecule has 1 atom stereocenters. The summed E-state index contributed by atoms with van der Waals surface area (Å²) in [7, 11) is 4.15. The van der Waals surface area contributed by atoms with Gasteiger partial charge in [-0.15, -0.1) is 0 Å². The fourth-order valence-corrected chi connectivity index (χ4v) is 2.85. The number of likely N-dealkylation sites (N-methyl/N-ethyl adjacent to an activating group) is 1. The number of hydrogen-bond acceptors (Lipinski definition) is 3. The minimum absolute atomic E-state index is 0.205. The third-order valence-electron chi connectivity index (χ3n) is 3.81. The molecule has 1 fully saturated rings. The molecule has 3 nitrogen and oxygen atoms in total. The number of nitrogens with zero attached hydrogens (tertiary/aromatic N) is 2. The Labute approximate surface area is 126 Å². The van der Waals surface area contributed by atoms with Gasteiger partial charge >= 0.3 is 0 Å². The van der Waals surface area contributed by atoms with E-state index in [0.717, 1.165) is 18.7 Å². The van der Waals surface area contributed by atoms with Crippen LogP contribution in [-0.2, 0) is 6.54 Å². The molecule has 0 aliphatic carbocycles. The average molecular weight is 290 g/mol. The molecule has 1 aliphatic rings. The van der Waals surface area contributed by atoms with E-state index in [0.29, 0.717) is 18.2 Å². The van der Waals surface area contributed by atoms with Crippen LogP contribution >= 0.6 is 0 Å². The van der Waals surface area contributed by atoms with E-state index in [1.54, 1.807) is 0 Å². The smallest absolute Gasteiger partial charge is 0.128 e. The molecule has 1 N–H and O–H groups in total. The number of aliphatic hydroxyl groups excluding tert-OH is 1. The molecule has 0 spiro atoms. The Morgan fingerprint density at radius 3 is 2.90 bits per heavy atom. The number of halogens is 1. The predicted molar refractivity (Wildman–Crippen MR) is 82.3 cm³/mol. The number of likely N-dealkylation sites (tertiary alicyclic amines) is 1. The Kier molecular flexibility index (Phi) is 5.75. The van der Waals surface area contributed by atoms with Crippen LogP contribution in [-0.4, -0.2) is 54.7 Å². The second-order valence-electron chi connectivity index (χ2n) is 5.79. The van der Waals surface area contributed by atoms with Crippen molar-refractivity contribution in [2.75, 3.05) is 33.8 Å².